The number of ether oxygens (including phenoxy) is 2. The monoisotopic (exact) mass is 306 g/mol. The van der Waals surface area contributed by atoms with E-state index in [1.807, 2.05) is 18.2 Å². The van der Waals surface area contributed by atoms with Crippen LogP contribution in [0.3, 0.4) is 0 Å². The predicted octanol–water partition coefficient (Wildman–Crippen LogP) is 3.64. The van der Waals surface area contributed by atoms with Gasteiger partial charge in [-0.3, -0.25) is 5.10 Å². The molecular weight excluding hydrogens is 284 g/mol. The van der Waals surface area contributed by atoms with Crippen molar-refractivity contribution in [2.24, 2.45) is 0 Å². The molecule has 0 aliphatic carbocycles. The van der Waals surface area contributed by atoms with Gasteiger partial charge in [0.05, 0.1) is 19.9 Å². The van der Waals surface area contributed by atoms with Crippen LogP contribution in [0.15, 0.2) is 24.3 Å². The average molecular weight is 306 g/mol. The molecular formula is C16H22N2O2S. The fraction of sp³-hybridized carbons (Fsp3) is 0.438. The minimum Gasteiger partial charge on any atom is -0.497 e. The van der Waals surface area contributed by atoms with Crippen molar-refractivity contribution in [3.8, 4) is 11.5 Å². The average Bonchev–Trinajstić information content (AvgIpc) is 3.00. The van der Waals surface area contributed by atoms with E-state index in [0.29, 0.717) is 5.25 Å². The number of aromatic nitrogens is 2. The lowest BCUT2D eigenvalue weighted by Gasteiger charge is -2.08. The quantitative estimate of drug-likeness (QED) is 0.848. The van der Waals surface area contributed by atoms with Gasteiger partial charge in [0.2, 0.25) is 0 Å². The van der Waals surface area contributed by atoms with Crippen molar-refractivity contribution in [1.29, 1.82) is 0 Å². The van der Waals surface area contributed by atoms with Crippen molar-refractivity contribution in [3.63, 3.8) is 0 Å². The van der Waals surface area contributed by atoms with Crippen LogP contribution >= 0.6 is 11.8 Å². The van der Waals surface area contributed by atoms with E-state index in [4.69, 9.17) is 9.47 Å². The highest BCUT2D eigenvalue weighted by Crippen LogP contribution is 2.25. The van der Waals surface area contributed by atoms with Crippen LogP contribution in [-0.4, -0.2) is 30.7 Å². The lowest BCUT2D eigenvalue weighted by molar-refractivity contribution is 0.393. The SMILES string of the molecule is COc1cc(CCc2cc(C(C)SC)n[nH]2)cc(OC)c1. The van der Waals surface area contributed by atoms with Crippen molar-refractivity contribution in [2.45, 2.75) is 25.0 Å². The molecule has 0 amide bonds. The number of nitrogens with one attached hydrogen (secondary N) is 1. The molecule has 0 bridgehead atoms. The minimum absolute atomic E-state index is 0.423. The van der Waals surface area contributed by atoms with Crippen LogP contribution in [0.1, 0.15) is 29.1 Å². The summed E-state index contributed by atoms with van der Waals surface area (Å²) in [4.78, 5) is 0. The molecule has 0 aliphatic heterocycles. The number of rotatable bonds is 7. The van der Waals surface area contributed by atoms with Crippen molar-refractivity contribution in [2.75, 3.05) is 20.5 Å². The molecule has 1 aromatic heterocycles. The summed E-state index contributed by atoms with van der Waals surface area (Å²) in [5.41, 5.74) is 3.47. The minimum atomic E-state index is 0.423. The first kappa shape index (κ1) is 15.8. The summed E-state index contributed by atoms with van der Waals surface area (Å²) in [6.07, 6.45) is 3.94. The molecule has 0 fully saturated rings. The molecule has 1 aromatic carbocycles. The second-order valence-electron chi connectivity index (χ2n) is 4.92. The zero-order valence-corrected chi connectivity index (χ0v) is 13.8. The Morgan fingerprint density at radius 1 is 1.10 bits per heavy atom. The molecule has 0 radical (unpaired) electrons. The van der Waals surface area contributed by atoms with Crippen LogP contribution < -0.4 is 9.47 Å². The van der Waals surface area contributed by atoms with E-state index < -0.39 is 0 Å². The standard InChI is InChI=1S/C16H22N2O2S/c1-11(21-4)16-9-13(17-18-16)6-5-12-7-14(19-2)10-15(8-12)20-3/h7-11H,5-6H2,1-4H3,(H,17,18). The number of H-pyrrole nitrogens is 1. The zero-order valence-electron chi connectivity index (χ0n) is 13.0. The fourth-order valence-corrected chi connectivity index (χ4v) is 2.49. The van der Waals surface area contributed by atoms with E-state index in [9.17, 15) is 0 Å². The predicted molar refractivity (Wildman–Crippen MR) is 87.5 cm³/mol. The summed E-state index contributed by atoms with van der Waals surface area (Å²) in [5, 5.41) is 7.92. The van der Waals surface area contributed by atoms with Gasteiger partial charge in [-0.1, -0.05) is 0 Å². The first-order chi connectivity index (χ1) is 10.2. The summed E-state index contributed by atoms with van der Waals surface area (Å²) in [7, 11) is 3.34. The number of nitrogens with zero attached hydrogens (tertiary/aromatic N) is 1. The molecule has 2 rings (SSSR count). The van der Waals surface area contributed by atoms with Crippen LogP contribution in [0.4, 0.5) is 0 Å². The smallest absolute Gasteiger partial charge is 0.122 e. The molecule has 4 nitrogen and oxygen atoms in total. The van der Waals surface area contributed by atoms with Gasteiger partial charge < -0.3 is 9.47 Å². The molecule has 21 heavy (non-hydrogen) atoms. The highest BCUT2D eigenvalue weighted by molar-refractivity contribution is 7.98. The third kappa shape index (κ3) is 4.17. The molecule has 1 heterocycles. The first-order valence-corrected chi connectivity index (χ1v) is 8.24. The molecule has 0 spiro atoms. The van der Waals surface area contributed by atoms with E-state index >= 15 is 0 Å². The summed E-state index contributed by atoms with van der Waals surface area (Å²) >= 11 is 1.80. The van der Waals surface area contributed by atoms with E-state index in [1.54, 1.807) is 26.0 Å². The third-order valence-electron chi connectivity index (χ3n) is 3.52. The topological polar surface area (TPSA) is 47.1 Å². The molecule has 114 valence electrons. The summed E-state index contributed by atoms with van der Waals surface area (Å²) in [6, 6.07) is 8.13. The van der Waals surface area contributed by atoms with E-state index in [1.165, 1.54) is 5.56 Å². The van der Waals surface area contributed by atoms with Crippen LogP contribution in [0.5, 0.6) is 11.5 Å². The van der Waals surface area contributed by atoms with Crippen LogP contribution in [-0.2, 0) is 12.8 Å². The summed E-state index contributed by atoms with van der Waals surface area (Å²) in [5.74, 6) is 1.65. The second-order valence-corrected chi connectivity index (χ2v) is 6.10. The maximum absolute atomic E-state index is 5.30. The van der Waals surface area contributed by atoms with Gasteiger partial charge >= 0.3 is 0 Å². The molecule has 0 saturated heterocycles. The molecule has 2 aromatic rings. The largest absolute Gasteiger partial charge is 0.497 e. The Bertz CT molecular complexity index is 561. The maximum Gasteiger partial charge on any atom is 0.122 e. The first-order valence-electron chi connectivity index (χ1n) is 6.95. The number of benzene rings is 1. The normalized spacial score (nSPS) is 12.2. The van der Waals surface area contributed by atoms with Gasteiger partial charge in [-0.05, 0) is 49.8 Å². The number of thioether (sulfide) groups is 1. The van der Waals surface area contributed by atoms with E-state index in [0.717, 1.165) is 35.7 Å². The van der Waals surface area contributed by atoms with Crippen LogP contribution in [0.2, 0.25) is 0 Å². The maximum atomic E-state index is 5.30. The molecule has 1 N–H and O–H groups in total. The van der Waals surface area contributed by atoms with Gasteiger partial charge in [-0.15, -0.1) is 0 Å². The summed E-state index contributed by atoms with van der Waals surface area (Å²) < 4.78 is 10.6. The fourth-order valence-electron chi connectivity index (χ4n) is 2.13. The number of methoxy groups -OCH3 is 2. The van der Waals surface area contributed by atoms with Gasteiger partial charge in [0.25, 0.3) is 0 Å². The van der Waals surface area contributed by atoms with Gasteiger partial charge in [0.15, 0.2) is 0 Å². The molecule has 0 saturated carbocycles. The molecule has 1 atom stereocenters. The Labute approximate surface area is 130 Å². The van der Waals surface area contributed by atoms with Crippen LogP contribution in [0, 0.1) is 0 Å². The van der Waals surface area contributed by atoms with Crippen molar-refractivity contribution in [1.82, 2.24) is 10.2 Å². The summed E-state index contributed by atoms with van der Waals surface area (Å²) in [6.45, 7) is 2.16. The number of aromatic amines is 1. The Balaban J connectivity index is 2.04. The zero-order chi connectivity index (χ0) is 15.2. The lowest BCUT2D eigenvalue weighted by atomic mass is 10.1. The van der Waals surface area contributed by atoms with Gasteiger partial charge in [0, 0.05) is 17.0 Å². The van der Waals surface area contributed by atoms with Crippen molar-refractivity contribution < 1.29 is 9.47 Å². The Hall–Kier alpha value is -1.62. The van der Waals surface area contributed by atoms with Gasteiger partial charge in [-0.25, -0.2) is 0 Å². The Kier molecular flexibility index (Phi) is 5.56. The number of aryl methyl sites for hydroxylation is 2. The van der Waals surface area contributed by atoms with Gasteiger partial charge in [-0.2, -0.15) is 16.9 Å². The number of hydrogen-bond donors (Lipinski definition) is 1. The third-order valence-corrected chi connectivity index (χ3v) is 4.46. The van der Waals surface area contributed by atoms with Crippen molar-refractivity contribution in [3.05, 3.63) is 41.2 Å². The molecule has 1 unspecified atom stereocenters. The molecule has 0 aliphatic rings. The highest BCUT2D eigenvalue weighted by Gasteiger charge is 2.09. The van der Waals surface area contributed by atoms with Gasteiger partial charge in [0.1, 0.15) is 11.5 Å². The Morgan fingerprint density at radius 2 is 1.76 bits per heavy atom. The van der Waals surface area contributed by atoms with E-state index in [-0.39, 0.29) is 0 Å². The van der Waals surface area contributed by atoms with Crippen molar-refractivity contribution >= 4 is 11.8 Å². The van der Waals surface area contributed by atoms with E-state index in [2.05, 4.69) is 29.4 Å². The second kappa shape index (κ2) is 7.41. The molecule has 5 heteroatoms. The number of hydrogen-bond acceptors (Lipinski definition) is 4. The Morgan fingerprint density at radius 3 is 2.33 bits per heavy atom. The van der Waals surface area contributed by atoms with Crippen LogP contribution in [0.25, 0.3) is 0 Å². The highest BCUT2D eigenvalue weighted by atomic mass is 32.2. The lowest BCUT2D eigenvalue weighted by Crippen LogP contribution is -1.95.